The third-order valence-corrected chi connectivity index (χ3v) is 5.47. The van der Waals surface area contributed by atoms with Crippen molar-refractivity contribution in [3.8, 4) is 5.75 Å². The lowest BCUT2D eigenvalue weighted by atomic mass is 10.1. The van der Waals surface area contributed by atoms with Gasteiger partial charge >= 0.3 is 6.18 Å². The average Bonchev–Trinajstić information content (AvgIpc) is 3.09. The fourth-order valence-corrected chi connectivity index (χ4v) is 3.84. The predicted molar refractivity (Wildman–Crippen MR) is 109 cm³/mol. The highest BCUT2D eigenvalue weighted by molar-refractivity contribution is 5.78. The zero-order valence-corrected chi connectivity index (χ0v) is 17.0. The number of carbonyl (C=O) groups is 1. The largest absolute Gasteiger partial charge is 0.497 e. The summed E-state index contributed by atoms with van der Waals surface area (Å²) in [7, 11) is 1.63. The van der Waals surface area contributed by atoms with Crippen LogP contribution in [0.15, 0.2) is 48.5 Å². The molecule has 1 heterocycles. The predicted octanol–water partition coefficient (Wildman–Crippen LogP) is 4.43. The van der Waals surface area contributed by atoms with Crippen molar-refractivity contribution in [1.29, 1.82) is 0 Å². The third-order valence-electron chi connectivity index (χ3n) is 5.47. The Morgan fingerprint density at radius 3 is 2.67 bits per heavy atom. The molecule has 4 nitrogen and oxygen atoms in total. The van der Waals surface area contributed by atoms with Crippen molar-refractivity contribution >= 4 is 5.91 Å². The first-order valence-corrected chi connectivity index (χ1v) is 10.2. The molecule has 2 aromatic rings. The maximum Gasteiger partial charge on any atom is 0.416 e. The molecular weight excluding hydrogens is 393 g/mol. The molecule has 0 unspecified atom stereocenters. The van der Waals surface area contributed by atoms with Crippen LogP contribution in [0.3, 0.4) is 0 Å². The number of hydrogen-bond donors (Lipinski definition) is 1. The van der Waals surface area contributed by atoms with Gasteiger partial charge in [-0.2, -0.15) is 13.2 Å². The summed E-state index contributed by atoms with van der Waals surface area (Å²) in [5, 5.41) is 3.21. The van der Waals surface area contributed by atoms with Crippen LogP contribution in [0.2, 0.25) is 0 Å². The molecule has 30 heavy (non-hydrogen) atoms. The second-order valence-corrected chi connectivity index (χ2v) is 7.54. The van der Waals surface area contributed by atoms with Crippen molar-refractivity contribution in [2.45, 2.75) is 44.4 Å². The van der Waals surface area contributed by atoms with Gasteiger partial charge in [-0.05, 0) is 55.1 Å². The van der Waals surface area contributed by atoms with E-state index in [2.05, 4.69) is 5.32 Å². The Balaban J connectivity index is 1.47. The van der Waals surface area contributed by atoms with Gasteiger partial charge in [0.25, 0.3) is 0 Å². The number of halogens is 3. The van der Waals surface area contributed by atoms with Gasteiger partial charge in [0.1, 0.15) is 5.75 Å². The molecule has 1 aliphatic heterocycles. The van der Waals surface area contributed by atoms with E-state index in [1.54, 1.807) is 13.2 Å². The highest BCUT2D eigenvalue weighted by Crippen LogP contribution is 2.29. The molecule has 0 bridgehead atoms. The van der Waals surface area contributed by atoms with Gasteiger partial charge in [0, 0.05) is 25.6 Å². The van der Waals surface area contributed by atoms with Crippen molar-refractivity contribution in [3.63, 3.8) is 0 Å². The number of nitrogens with zero attached hydrogens (tertiary/aromatic N) is 1. The van der Waals surface area contributed by atoms with E-state index in [1.807, 2.05) is 29.2 Å². The topological polar surface area (TPSA) is 41.6 Å². The first-order chi connectivity index (χ1) is 14.4. The van der Waals surface area contributed by atoms with Gasteiger partial charge in [-0.1, -0.05) is 30.3 Å². The number of likely N-dealkylation sites (tertiary alicyclic amines) is 1. The molecule has 162 valence electrons. The molecule has 2 aromatic carbocycles. The van der Waals surface area contributed by atoms with Crippen LogP contribution >= 0.6 is 0 Å². The SMILES string of the molecule is COc1cccc(CCN2C(=O)CC[C@@H]2CCNCc2cccc(C(F)(F)F)c2)c1. The smallest absolute Gasteiger partial charge is 0.416 e. The number of rotatable bonds is 9. The van der Waals surface area contributed by atoms with Crippen molar-refractivity contribution in [2.24, 2.45) is 0 Å². The Kier molecular flexibility index (Phi) is 7.37. The van der Waals surface area contributed by atoms with Crippen LogP contribution < -0.4 is 10.1 Å². The molecular formula is C23H27F3N2O2. The number of carbonyl (C=O) groups excluding carboxylic acids is 1. The summed E-state index contributed by atoms with van der Waals surface area (Å²) in [5.74, 6) is 0.969. The summed E-state index contributed by atoms with van der Waals surface area (Å²) >= 11 is 0. The summed E-state index contributed by atoms with van der Waals surface area (Å²) in [6.45, 7) is 1.67. The van der Waals surface area contributed by atoms with Crippen LogP contribution in [-0.4, -0.2) is 37.0 Å². The molecule has 0 aliphatic carbocycles. The number of hydrogen-bond acceptors (Lipinski definition) is 3. The fourth-order valence-electron chi connectivity index (χ4n) is 3.84. The molecule has 0 saturated carbocycles. The van der Waals surface area contributed by atoms with Gasteiger partial charge < -0.3 is 15.0 Å². The van der Waals surface area contributed by atoms with Gasteiger partial charge in [-0.3, -0.25) is 4.79 Å². The van der Waals surface area contributed by atoms with Gasteiger partial charge in [0.05, 0.1) is 12.7 Å². The standard InChI is InChI=1S/C23H27F3N2O2/c1-30-21-7-3-4-17(15-21)11-13-28-20(8-9-22(28)29)10-12-27-16-18-5-2-6-19(14-18)23(24,25)26/h2-7,14-15,20,27H,8-13,16H2,1H3/t20-/m1/s1. The minimum atomic E-state index is -4.33. The van der Waals surface area contributed by atoms with Crippen LogP contribution in [0.25, 0.3) is 0 Å². The van der Waals surface area contributed by atoms with Crippen LogP contribution in [0.5, 0.6) is 5.75 Å². The van der Waals surface area contributed by atoms with Crippen LogP contribution in [0, 0.1) is 0 Å². The maximum absolute atomic E-state index is 12.8. The second kappa shape index (κ2) is 9.98. The Hall–Kier alpha value is -2.54. The monoisotopic (exact) mass is 420 g/mol. The summed E-state index contributed by atoms with van der Waals surface area (Å²) in [5.41, 5.74) is 1.09. The molecule has 1 atom stereocenters. The molecule has 1 N–H and O–H groups in total. The normalized spacial score (nSPS) is 16.9. The van der Waals surface area contributed by atoms with Crippen molar-refractivity contribution in [1.82, 2.24) is 10.2 Å². The summed E-state index contributed by atoms with van der Waals surface area (Å²) in [4.78, 5) is 14.2. The van der Waals surface area contributed by atoms with E-state index in [-0.39, 0.29) is 11.9 Å². The van der Waals surface area contributed by atoms with E-state index < -0.39 is 11.7 Å². The number of amides is 1. The van der Waals surface area contributed by atoms with Crippen LogP contribution in [-0.2, 0) is 23.9 Å². The van der Waals surface area contributed by atoms with E-state index in [0.29, 0.717) is 31.6 Å². The third kappa shape index (κ3) is 5.98. The zero-order chi connectivity index (χ0) is 21.6. The van der Waals surface area contributed by atoms with E-state index >= 15 is 0 Å². The number of nitrogens with one attached hydrogen (secondary N) is 1. The molecule has 7 heteroatoms. The average molecular weight is 420 g/mol. The number of methoxy groups -OCH3 is 1. The van der Waals surface area contributed by atoms with E-state index in [9.17, 15) is 18.0 Å². The van der Waals surface area contributed by atoms with E-state index in [1.165, 1.54) is 12.1 Å². The lowest BCUT2D eigenvalue weighted by Gasteiger charge is -2.25. The second-order valence-electron chi connectivity index (χ2n) is 7.54. The lowest BCUT2D eigenvalue weighted by molar-refractivity contribution is -0.137. The minimum absolute atomic E-state index is 0.164. The van der Waals surface area contributed by atoms with Gasteiger partial charge in [0.15, 0.2) is 0 Å². The zero-order valence-electron chi connectivity index (χ0n) is 17.0. The Morgan fingerprint density at radius 2 is 1.90 bits per heavy atom. The van der Waals surface area contributed by atoms with E-state index in [0.717, 1.165) is 36.6 Å². The highest BCUT2D eigenvalue weighted by atomic mass is 19.4. The quantitative estimate of drug-likeness (QED) is 0.611. The summed E-state index contributed by atoms with van der Waals surface area (Å²) in [6.07, 6.45) is -1.41. The highest BCUT2D eigenvalue weighted by Gasteiger charge is 2.31. The molecule has 1 fully saturated rings. The Labute approximate surface area is 175 Å². The molecule has 0 radical (unpaired) electrons. The van der Waals surface area contributed by atoms with Crippen molar-refractivity contribution in [2.75, 3.05) is 20.2 Å². The van der Waals surface area contributed by atoms with E-state index in [4.69, 9.17) is 4.74 Å². The first-order valence-electron chi connectivity index (χ1n) is 10.2. The maximum atomic E-state index is 12.8. The Bertz CT molecular complexity index is 854. The summed E-state index contributed by atoms with van der Waals surface area (Å²) in [6, 6.07) is 13.4. The van der Waals surface area contributed by atoms with Gasteiger partial charge in [0.2, 0.25) is 5.91 Å². The number of ether oxygens (including phenoxy) is 1. The van der Waals surface area contributed by atoms with Crippen LogP contribution in [0.1, 0.15) is 36.0 Å². The molecule has 3 rings (SSSR count). The van der Waals surface area contributed by atoms with Gasteiger partial charge in [-0.25, -0.2) is 0 Å². The molecule has 0 aromatic heterocycles. The number of alkyl halides is 3. The minimum Gasteiger partial charge on any atom is -0.497 e. The molecule has 1 amide bonds. The summed E-state index contributed by atoms with van der Waals surface area (Å²) < 4.78 is 43.7. The van der Waals surface area contributed by atoms with Gasteiger partial charge in [-0.15, -0.1) is 0 Å². The van der Waals surface area contributed by atoms with Crippen molar-refractivity contribution in [3.05, 3.63) is 65.2 Å². The fraction of sp³-hybridized carbons (Fsp3) is 0.435. The molecule has 1 aliphatic rings. The van der Waals surface area contributed by atoms with Crippen LogP contribution in [0.4, 0.5) is 13.2 Å². The lowest BCUT2D eigenvalue weighted by Crippen LogP contribution is -2.36. The molecule has 1 saturated heterocycles. The molecule has 0 spiro atoms. The van der Waals surface area contributed by atoms with Crippen molar-refractivity contribution < 1.29 is 22.7 Å². The first kappa shape index (κ1) is 22.2. The Morgan fingerprint density at radius 1 is 1.13 bits per heavy atom. The number of benzene rings is 2.